The zero-order valence-corrected chi connectivity index (χ0v) is 21.2. The maximum absolute atomic E-state index is 13.4. The van der Waals surface area contributed by atoms with Gasteiger partial charge in [0.1, 0.15) is 5.57 Å². The highest BCUT2D eigenvalue weighted by atomic mass is 35.5. The third-order valence-corrected chi connectivity index (χ3v) is 7.40. The van der Waals surface area contributed by atoms with Crippen molar-refractivity contribution in [2.75, 3.05) is 16.3 Å². The molecule has 2 heterocycles. The summed E-state index contributed by atoms with van der Waals surface area (Å²) in [5.41, 5.74) is 3.54. The smallest absolute Gasteiger partial charge is 0.270 e. The molecule has 1 saturated heterocycles. The maximum atomic E-state index is 13.4. The van der Waals surface area contributed by atoms with E-state index in [9.17, 15) is 9.59 Å². The summed E-state index contributed by atoms with van der Waals surface area (Å²) in [5, 5.41) is 3.04. The molecular weight excluding hydrogens is 477 g/mol. The quantitative estimate of drug-likeness (QED) is 0.321. The summed E-state index contributed by atoms with van der Waals surface area (Å²) >= 11 is 17.7. The third-order valence-electron chi connectivity index (χ3n) is 6.31. The van der Waals surface area contributed by atoms with Gasteiger partial charge in [-0.1, -0.05) is 42.3 Å². The van der Waals surface area contributed by atoms with Gasteiger partial charge < -0.3 is 4.90 Å². The van der Waals surface area contributed by atoms with Crippen LogP contribution >= 0.6 is 35.4 Å². The lowest BCUT2D eigenvalue weighted by Gasteiger charge is -2.47. The molecule has 1 N–H and O–H groups in total. The van der Waals surface area contributed by atoms with Crippen molar-refractivity contribution in [1.29, 1.82) is 0 Å². The van der Waals surface area contributed by atoms with Crippen LogP contribution in [0.5, 0.6) is 0 Å². The van der Waals surface area contributed by atoms with Crippen molar-refractivity contribution in [1.82, 2.24) is 5.32 Å². The lowest BCUT2D eigenvalue weighted by atomic mass is 9.79. The van der Waals surface area contributed by atoms with Crippen molar-refractivity contribution in [2.45, 2.75) is 45.6 Å². The minimum Gasteiger partial charge on any atom is -0.366 e. The number of thiocarbonyl (C=S) groups is 1. The predicted molar refractivity (Wildman–Crippen MR) is 139 cm³/mol. The standard InChI is InChI=1S/C25H25Cl2N3O2S/c1-5-29-19-10-9-15(11-16(19)14(2)13-25(29,3)4)12-17-22(31)28-24(33)30(23(17)32)20-8-6-7-18(26)21(20)27/h6-12,14H,5,13H2,1-4H3,(H,28,31,33)/b17-12+. The average Bonchev–Trinajstić information content (AvgIpc) is 2.74. The van der Waals surface area contributed by atoms with E-state index < -0.39 is 11.8 Å². The van der Waals surface area contributed by atoms with Crippen LogP contribution in [0.2, 0.25) is 10.0 Å². The van der Waals surface area contributed by atoms with Gasteiger partial charge in [0.05, 0.1) is 15.7 Å². The summed E-state index contributed by atoms with van der Waals surface area (Å²) in [6, 6.07) is 11.0. The molecule has 2 aromatic carbocycles. The predicted octanol–water partition coefficient (Wildman–Crippen LogP) is 5.94. The first kappa shape index (κ1) is 23.7. The molecule has 0 spiro atoms. The molecule has 4 rings (SSSR count). The molecule has 2 aliphatic rings. The van der Waals surface area contributed by atoms with E-state index in [0.29, 0.717) is 16.6 Å². The van der Waals surface area contributed by atoms with Crippen LogP contribution in [0.25, 0.3) is 6.08 Å². The Labute approximate surface area is 209 Å². The SMILES string of the molecule is CCN1c2ccc(/C=C3\C(=O)NC(=S)N(c4cccc(Cl)c4Cl)C3=O)cc2C(C)CC1(C)C. The molecular formula is C25H25Cl2N3O2S. The van der Waals surface area contributed by atoms with Crippen molar-refractivity contribution >= 4 is 69.8 Å². The fourth-order valence-electron chi connectivity index (χ4n) is 4.91. The molecule has 1 atom stereocenters. The summed E-state index contributed by atoms with van der Waals surface area (Å²) in [7, 11) is 0. The Morgan fingerprint density at radius 3 is 2.61 bits per heavy atom. The Hall–Kier alpha value is -2.41. The van der Waals surface area contributed by atoms with Gasteiger partial charge in [0, 0.05) is 17.8 Å². The van der Waals surface area contributed by atoms with Gasteiger partial charge in [0.15, 0.2) is 5.11 Å². The summed E-state index contributed by atoms with van der Waals surface area (Å²) in [6.07, 6.45) is 2.62. The van der Waals surface area contributed by atoms with E-state index in [1.165, 1.54) is 16.2 Å². The van der Waals surface area contributed by atoms with Crippen LogP contribution < -0.4 is 15.1 Å². The molecule has 2 aromatic rings. The van der Waals surface area contributed by atoms with Gasteiger partial charge in [-0.25, -0.2) is 0 Å². The second-order valence-electron chi connectivity index (χ2n) is 9.01. The monoisotopic (exact) mass is 501 g/mol. The molecule has 0 aliphatic carbocycles. The Kier molecular flexibility index (Phi) is 6.29. The first-order valence-electron chi connectivity index (χ1n) is 10.8. The highest BCUT2D eigenvalue weighted by Crippen LogP contribution is 2.43. The molecule has 2 aliphatic heterocycles. The molecule has 5 nitrogen and oxygen atoms in total. The summed E-state index contributed by atoms with van der Waals surface area (Å²) < 4.78 is 0. The fourth-order valence-corrected chi connectivity index (χ4v) is 5.56. The van der Waals surface area contributed by atoms with E-state index >= 15 is 0 Å². The van der Waals surface area contributed by atoms with E-state index in [1.807, 2.05) is 6.07 Å². The maximum Gasteiger partial charge on any atom is 0.270 e. The first-order valence-corrected chi connectivity index (χ1v) is 12.0. The molecule has 33 heavy (non-hydrogen) atoms. The van der Waals surface area contributed by atoms with E-state index in [-0.39, 0.29) is 21.2 Å². The Balaban J connectivity index is 1.75. The number of fused-ring (bicyclic) bond motifs is 1. The summed E-state index contributed by atoms with van der Waals surface area (Å²) in [6.45, 7) is 9.79. The van der Waals surface area contributed by atoms with Crippen LogP contribution in [0.15, 0.2) is 42.0 Å². The van der Waals surface area contributed by atoms with Crippen molar-refractivity contribution in [2.24, 2.45) is 0 Å². The average molecular weight is 502 g/mol. The van der Waals surface area contributed by atoms with Gasteiger partial charge in [0.2, 0.25) is 0 Å². The number of hydrogen-bond acceptors (Lipinski definition) is 4. The van der Waals surface area contributed by atoms with Crippen LogP contribution in [0.4, 0.5) is 11.4 Å². The van der Waals surface area contributed by atoms with Crippen molar-refractivity contribution in [3.63, 3.8) is 0 Å². The largest absolute Gasteiger partial charge is 0.366 e. The number of hydrogen-bond donors (Lipinski definition) is 1. The molecule has 172 valence electrons. The molecule has 0 bridgehead atoms. The summed E-state index contributed by atoms with van der Waals surface area (Å²) in [4.78, 5) is 29.7. The molecule has 1 fully saturated rings. The number of nitrogens with one attached hydrogen (secondary N) is 1. The van der Waals surface area contributed by atoms with Gasteiger partial charge >= 0.3 is 0 Å². The number of benzene rings is 2. The van der Waals surface area contributed by atoms with Gasteiger partial charge in [0.25, 0.3) is 11.8 Å². The van der Waals surface area contributed by atoms with Crippen LogP contribution in [-0.4, -0.2) is 29.0 Å². The highest BCUT2D eigenvalue weighted by molar-refractivity contribution is 7.80. The number of amides is 2. The van der Waals surface area contributed by atoms with Crippen LogP contribution in [-0.2, 0) is 9.59 Å². The zero-order valence-electron chi connectivity index (χ0n) is 18.9. The van der Waals surface area contributed by atoms with Gasteiger partial charge in [-0.2, -0.15) is 0 Å². The van der Waals surface area contributed by atoms with Crippen molar-refractivity contribution in [3.05, 3.63) is 63.1 Å². The molecule has 8 heteroatoms. The van der Waals surface area contributed by atoms with Crippen LogP contribution in [0.1, 0.15) is 51.2 Å². The Morgan fingerprint density at radius 2 is 1.91 bits per heavy atom. The summed E-state index contributed by atoms with van der Waals surface area (Å²) in [5.74, 6) is -0.738. The number of halogens is 2. The van der Waals surface area contributed by atoms with E-state index in [1.54, 1.807) is 24.3 Å². The van der Waals surface area contributed by atoms with Crippen molar-refractivity contribution < 1.29 is 9.59 Å². The number of nitrogens with zero attached hydrogens (tertiary/aromatic N) is 2. The first-order chi connectivity index (χ1) is 15.5. The lowest BCUT2D eigenvalue weighted by Crippen LogP contribution is -2.54. The van der Waals surface area contributed by atoms with Gasteiger partial charge in [-0.05, 0) is 86.8 Å². The molecule has 1 unspecified atom stereocenters. The molecule has 0 saturated carbocycles. The fraction of sp³-hybridized carbons (Fsp3) is 0.320. The Bertz CT molecular complexity index is 1210. The highest BCUT2D eigenvalue weighted by Gasteiger charge is 2.37. The van der Waals surface area contributed by atoms with E-state index in [4.69, 9.17) is 35.4 Å². The normalized spacial score (nSPS) is 21.3. The van der Waals surface area contributed by atoms with Crippen molar-refractivity contribution in [3.8, 4) is 0 Å². The number of carbonyl (C=O) groups excluding carboxylic acids is 2. The van der Waals surface area contributed by atoms with Crippen LogP contribution in [0, 0.1) is 0 Å². The number of rotatable bonds is 3. The molecule has 0 aromatic heterocycles. The van der Waals surface area contributed by atoms with Gasteiger partial charge in [-0.15, -0.1) is 0 Å². The van der Waals surface area contributed by atoms with E-state index in [2.05, 4.69) is 50.0 Å². The Morgan fingerprint density at radius 1 is 1.18 bits per heavy atom. The second kappa shape index (κ2) is 8.75. The lowest BCUT2D eigenvalue weighted by molar-refractivity contribution is -0.122. The van der Waals surface area contributed by atoms with Gasteiger partial charge in [-0.3, -0.25) is 19.8 Å². The third kappa shape index (κ3) is 4.16. The number of anilines is 2. The molecule has 2 amide bonds. The second-order valence-corrected chi connectivity index (χ2v) is 10.2. The topological polar surface area (TPSA) is 52.7 Å². The molecule has 0 radical (unpaired) electrons. The van der Waals surface area contributed by atoms with Crippen LogP contribution in [0.3, 0.4) is 0 Å². The zero-order chi connectivity index (χ0) is 24.1. The minimum atomic E-state index is -0.546. The number of carbonyl (C=O) groups is 2. The van der Waals surface area contributed by atoms with E-state index in [0.717, 1.165) is 18.5 Å². The minimum absolute atomic E-state index is 0.0178.